The Morgan fingerprint density at radius 1 is 0.867 bits per heavy atom. The monoisotopic (exact) mass is 393 g/mol. The molecule has 0 radical (unpaired) electrons. The Morgan fingerprint density at radius 3 is 2.43 bits per heavy atom. The largest absolute Gasteiger partial charge is 0.436 e. The van der Waals surface area contributed by atoms with E-state index in [1.54, 1.807) is 30.6 Å². The second-order valence-corrected chi connectivity index (χ2v) is 6.56. The van der Waals surface area contributed by atoms with Gasteiger partial charge >= 0.3 is 0 Å². The quantitative estimate of drug-likeness (QED) is 0.480. The average Bonchev–Trinajstić information content (AvgIpc) is 3.24. The third kappa shape index (κ3) is 3.51. The number of fused-ring (bicyclic) bond motifs is 1. The molecule has 0 spiro atoms. The van der Waals surface area contributed by atoms with Crippen LogP contribution in [-0.4, -0.2) is 25.8 Å². The van der Waals surface area contributed by atoms with Crippen molar-refractivity contribution in [3.8, 4) is 22.8 Å². The van der Waals surface area contributed by atoms with Crippen LogP contribution < -0.4 is 5.32 Å². The van der Waals surface area contributed by atoms with Gasteiger partial charge in [0, 0.05) is 36.0 Å². The molecule has 0 saturated heterocycles. The predicted octanol–water partition coefficient (Wildman–Crippen LogP) is 4.60. The van der Waals surface area contributed by atoms with Crippen molar-refractivity contribution < 1.29 is 9.21 Å². The fourth-order valence-electron chi connectivity index (χ4n) is 3.00. The molecule has 144 valence electrons. The first-order chi connectivity index (χ1) is 14.8. The molecule has 0 saturated carbocycles. The molecule has 3 heterocycles. The highest BCUT2D eigenvalue weighted by Gasteiger charge is 2.12. The maximum absolute atomic E-state index is 12.6. The van der Waals surface area contributed by atoms with Crippen molar-refractivity contribution in [3.05, 3.63) is 91.0 Å². The topological polar surface area (TPSA) is 93.8 Å². The van der Waals surface area contributed by atoms with Crippen LogP contribution in [0.4, 0.5) is 5.69 Å². The maximum Gasteiger partial charge on any atom is 0.258 e. The lowest BCUT2D eigenvalue weighted by Crippen LogP contribution is -2.12. The summed E-state index contributed by atoms with van der Waals surface area (Å²) < 4.78 is 5.77. The van der Waals surface area contributed by atoms with Crippen molar-refractivity contribution in [2.24, 2.45) is 0 Å². The first-order valence-corrected chi connectivity index (χ1v) is 9.26. The number of nitrogens with one attached hydrogen (secondary N) is 1. The van der Waals surface area contributed by atoms with E-state index in [0.717, 1.165) is 11.1 Å². The van der Waals surface area contributed by atoms with Crippen LogP contribution in [0.2, 0.25) is 0 Å². The third-order valence-corrected chi connectivity index (χ3v) is 4.50. The van der Waals surface area contributed by atoms with E-state index in [0.29, 0.717) is 34.1 Å². The first-order valence-electron chi connectivity index (χ1n) is 9.26. The smallest absolute Gasteiger partial charge is 0.258 e. The summed E-state index contributed by atoms with van der Waals surface area (Å²) in [4.78, 5) is 29.7. The van der Waals surface area contributed by atoms with Gasteiger partial charge in [-0.3, -0.25) is 9.78 Å². The fourth-order valence-corrected chi connectivity index (χ4v) is 3.00. The van der Waals surface area contributed by atoms with E-state index in [1.165, 1.54) is 12.4 Å². The summed E-state index contributed by atoms with van der Waals surface area (Å²) in [5.74, 6) is 0.746. The molecule has 2 aromatic carbocycles. The van der Waals surface area contributed by atoms with Gasteiger partial charge in [0.1, 0.15) is 5.52 Å². The number of pyridine rings is 1. The maximum atomic E-state index is 12.6. The summed E-state index contributed by atoms with van der Waals surface area (Å²) in [6, 6.07) is 18.6. The Labute approximate surface area is 171 Å². The normalized spacial score (nSPS) is 10.8. The number of carbonyl (C=O) groups is 1. The Bertz CT molecular complexity index is 1320. The lowest BCUT2D eigenvalue weighted by molar-refractivity contribution is 0.102. The zero-order valence-corrected chi connectivity index (χ0v) is 15.7. The van der Waals surface area contributed by atoms with E-state index >= 15 is 0 Å². The molecule has 3 aromatic heterocycles. The van der Waals surface area contributed by atoms with Crippen molar-refractivity contribution in [3.63, 3.8) is 0 Å². The predicted molar refractivity (Wildman–Crippen MR) is 113 cm³/mol. The van der Waals surface area contributed by atoms with Gasteiger partial charge in [0.15, 0.2) is 11.4 Å². The van der Waals surface area contributed by atoms with Gasteiger partial charge in [-0.25, -0.2) is 15.0 Å². The van der Waals surface area contributed by atoms with Gasteiger partial charge in [-0.05, 0) is 30.3 Å². The number of hydrogen-bond acceptors (Lipinski definition) is 6. The summed E-state index contributed by atoms with van der Waals surface area (Å²) in [7, 11) is 0. The van der Waals surface area contributed by atoms with Crippen molar-refractivity contribution in [2.75, 3.05) is 5.32 Å². The summed E-state index contributed by atoms with van der Waals surface area (Å²) in [6.45, 7) is 0. The number of oxazole rings is 1. The van der Waals surface area contributed by atoms with E-state index in [1.807, 2.05) is 42.5 Å². The third-order valence-electron chi connectivity index (χ3n) is 4.50. The highest BCUT2D eigenvalue weighted by atomic mass is 16.3. The van der Waals surface area contributed by atoms with Crippen LogP contribution in [0.15, 0.2) is 89.9 Å². The Morgan fingerprint density at radius 2 is 1.67 bits per heavy atom. The molecule has 0 fully saturated rings. The lowest BCUT2D eigenvalue weighted by Gasteiger charge is -2.05. The molecule has 30 heavy (non-hydrogen) atoms. The zero-order valence-electron chi connectivity index (χ0n) is 15.7. The summed E-state index contributed by atoms with van der Waals surface area (Å²) in [5, 5.41) is 2.85. The Balaban J connectivity index is 1.35. The standard InChI is InChI=1S/C23H15N5O2/c29-22(17-13-25-21(26-14-17)15-5-2-1-3-6-15)27-18-8-9-20-19(11-18)28-23(30-20)16-7-4-10-24-12-16/h1-14H,(H,27,29). The van der Waals surface area contributed by atoms with Gasteiger partial charge in [0.2, 0.25) is 5.89 Å². The minimum Gasteiger partial charge on any atom is -0.436 e. The molecule has 5 aromatic rings. The summed E-state index contributed by atoms with van der Waals surface area (Å²) in [6.07, 6.45) is 6.40. The minimum atomic E-state index is -0.301. The lowest BCUT2D eigenvalue weighted by atomic mass is 10.2. The molecule has 7 nitrogen and oxygen atoms in total. The molecule has 7 heteroatoms. The SMILES string of the molecule is O=C(Nc1ccc2oc(-c3cccnc3)nc2c1)c1cnc(-c2ccccc2)nc1. The average molecular weight is 393 g/mol. The van der Waals surface area contributed by atoms with Gasteiger partial charge in [0.05, 0.1) is 11.1 Å². The highest BCUT2D eigenvalue weighted by molar-refractivity contribution is 6.04. The van der Waals surface area contributed by atoms with Gasteiger partial charge in [-0.2, -0.15) is 0 Å². The van der Waals surface area contributed by atoms with E-state index in [2.05, 4.69) is 25.3 Å². The van der Waals surface area contributed by atoms with Crippen LogP contribution >= 0.6 is 0 Å². The molecule has 1 N–H and O–H groups in total. The van der Waals surface area contributed by atoms with Crippen molar-refractivity contribution in [1.82, 2.24) is 19.9 Å². The van der Waals surface area contributed by atoms with Crippen LogP contribution in [0.25, 0.3) is 33.9 Å². The van der Waals surface area contributed by atoms with E-state index in [-0.39, 0.29) is 5.91 Å². The second-order valence-electron chi connectivity index (χ2n) is 6.56. The number of aromatic nitrogens is 4. The van der Waals surface area contributed by atoms with Crippen LogP contribution in [0.5, 0.6) is 0 Å². The van der Waals surface area contributed by atoms with Crippen LogP contribution in [0, 0.1) is 0 Å². The van der Waals surface area contributed by atoms with Crippen molar-refractivity contribution >= 4 is 22.7 Å². The minimum absolute atomic E-state index is 0.301. The number of rotatable bonds is 4. The second kappa shape index (κ2) is 7.56. The van der Waals surface area contributed by atoms with Gasteiger partial charge < -0.3 is 9.73 Å². The van der Waals surface area contributed by atoms with E-state index in [9.17, 15) is 4.79 Å². The molecule has 0 aliphatic carbocycles. The van der Waals surface area contributed by atoms with Crippen molar-refractivity contribution in [2.45, 2.75) is 0 Å². The van der Waals surface area contributed by atoms with Gasteiger partial charge in [-0.15, -0.1) is 0 Å². The fraction of sp³-hybridized carbons (Fsp3) is 0. The number of amides is 1. The number of benzene rings is 2. The van der Waals surface area contributed by atoms with Crippen LogP contribution in [-0.2, 0) is 0 Å². The zero-order chi connectivity index (χ0) is 20.3. The van der Waals surface area contributed by atoms with Crippen LogP contribution in [0.3, 0.4) is 0 Å². The molecule has 1 amide bonds. The molecule has 0 atom stereocenters. The molecule has 0 aliphatic rings. The molecule has 0 bridgehead atoms. The first kappa shape index (κ1) is 17.7. The summed E-state index contributed by atoms with van der Waals surface area (Å²) in [5.41, 5.74) is 3.92. The van der Waals surface area contributed by atoms with Crippen molar-refractivity contribution in [1.29, 1.82) is 0 Å². The molecule has 0 aliphatic heterocycles. The van der Waals surface area contributed by atoms with E-state index in [4.69, 9.17) is 4.42 Å². The molecule has 0 unspecified atom stereocenters. The van der Waals surface area contributed by atoms with Gasteiger partial charge in [-0.1, -0.05) is 30.3 Å². The van der Waals surface area contributed by atoms with Gasteiger partial charge in [0.25, 0.3) is 5.91 Å². The number of anilines is 1. The molecular formula is C23H15N5O2. The number of carbonyl (C=O) groups excluding carboxylic acids is 1. The Hall–Kier alpha value is -4.39. The number of nitrogens with zero attached hydrogens (tertiary/aromatic N) is 4. The van der Waals surface area contributed by atoms with E-state index < -0.39 is 0 Å². The molecular weight excluding hydrogens is 378 g/mol. The summed E-state index contributed by atoms with van der Waals surface area (Å²) >= 11 is 0. The number of hydrogen-bond donors (Lipinski definition) is 1. The Kier molecular flexibility index (Phi) is 4.46. The van der Waals surface area contributed by atoms with Crippen LogP contribution in [0.1, 0.15) is 10.4 Å². The molecule has 5 rings (SSSR count). The highest BCUT2D eigenvalue weighted by Crippen LogP contribution is 2.26.